The Morgan fingerprint density at radius 2 is 1.63 bits per heavy atom. The molecule has 1 aliphatic heterocycles. The number of hydrogen-bond acceptors (Lipinski definition) is 4. The fraction of sp³-hybridized carbons (Fsp3) is 0.300. The number of ether oxygens (including phenoxy) is 2. The van der Waals surface area contributed by atoms with E-state index in [4.69, 9.17) is 21.1 Å². The van der Waals surface area contributed by atoms with Crippen molar-refractivity contribution in [2.24, 2.45) is 0 Å². The Labute approximate surface area is 163 Å². The minimum Gasteiger partial charge on any atom is -0.497 e. The Kier molecular flexibility index (Phi) is 5.56. The van der Waals surface area contributed by atoms with Crippen molar-refractivity contribution in [1.29, 1.82) is 0 Å². The van der Waals surface area contributed by atoms with E-state index in [0.29, 0.717) is 40.9 Å². The molecule has 0 spiro atoms. The lowest BCUT2D eigenvalue weighted by Crippen LogP contribution is -2.57. The summed E-state index contributed by atoms with van der Waals surface area (Å²) in [6.07, 6.45) is 0. The molecule has 1 saturated heterocycles. The van der Waals surface area contributed by atoms with Gasteiger partial charge in [-0.15, -0.1) is 0 Å². The predicted octanol–water partition coefficient (Wildman–Crippen LogP) is 3.23. The first-order chi connectivity index (χ1) is 12.9. The van der Waals surface area contributed by atoms with E-state index in [9.17, 15) is 9.59 Å². The first-order valence-electron chi connectivity index (χ1n) is 8.55. The molecule has 0 radical (unpaired) electrons. The molecule has 0 N–H and O–H groups in total. The zero-order valence-corrected chi connectivity index (χ0v) is 16.2. The molecule has 1 aliphatic rings. The van der Waals surface area contributed by atoms with Gasteiger partial charge in [-0.3, -0.25) is 9.59 Å². The number of amides is 2. The molecule has 3 rings (SSSR count). The van der Waals surface area contributed by atoms with Crippen LogP contribution < -0.4 is 14.4 Å². The van der Waals surface area contributed by atoms with Gasteiger partial charge in [0.1, 0.15) is 17.5 Å². The van der Waals surface area contributed by atoms with Gasteiger partial charge in [0.05, 0.1) is 19.9 Å². The predicted molar refractivity (Wildman–Crippen MR) is 104 cm³/mol. The summed E-state index contributed by atoms with van der Waals surface area (Å²) in [4.78, 5) is 29.0. The molecule has 2 aromatic carbocycles. The van der Waals surface area contributed by atoms with E-state index in [-0.39, 0.29) is 11.8 Å². The molecule has 142 valence electrons. The van der Waals surface area contributed by atoms with Crippen molar-refractivity contribution in [3.63, 3.8) is 0 Å². The first kappa shape index (κ1) is 19.0. The van der Waals surface area contributed by atoms with E-state index >= 15 is 0 Å². The average molecular weight is 389 g/mol. The van der Waals surface area contributed by atoms with Crippen LogP contribution >= 0.6 is 11.6 Å². The van der Waals surface area contributed by atoms with E-state index in [1.54, 1.807) is 73.4 Å². The molecule has 2 aromatic rings. The maximum atomic E-state index is 13.0. The molecule has 7 heteroatoms. The second kappa shape index (κ2) is 7.88. The molecule has 0 aromatic heterocycles. The Bertz CT molecular complexity index is 831. The maximum absolute atomic E-state index is 13.0. The fourth-order valence-electron chi connectivity index (χ4n) is 3.11. The Morgan fingerprint density at radius 3 is 2.19 bits per heavy atom. The van der Waals surface area contributed by atoms with Gasteiger partial charge in [-0.1, -0.05) is 11.6 Å². The molecule has 0 unspecified atom stereocenters. The van der Waals surface area contributed by atoms with Gasteiger partial charge in [0.15, 0.2) is 0 Å². The highest BCUT2D eigenvalue weighted by Crippen LogP contribution is 2.30. The number of carbonyl (C=O) groups is 2. The van der Waals surface area contributed by atoms with Gasteiger partial charge >= 0.3 is 0 Å². The number of carbonyl (C=O) groups excluding carboxylic acids is 2. The van der Waals surface area contributed by atoms with Gasteiger partial charge in [-0.25, -0.2) is 0 Å². The van der Waals surface area contributed by atoms with Crippen LogP contribution in [0.5, 0.6) is 11.5 Å². The van der Waals surface area contributed by atoms with Crippen LogP contribution in [0.2, 0.25) is 5.02 Å². The number of hydrogen-bond donors (Lipinski definition) is 0. The molecule has 1 fully saturated rings. The zero-order chi connectivity index (χ0) is 19.6. The van der Waals surface area contributed by atoms with E-state index in [1.807, 2.05) is 0 Å². The Hall–Kier alpha value is -2.73. The third-order valence-electron chi connectivity index (χ3n) is 4.66. The lowest BCUT2D eigenvalue weighted by Gasteiger charge is -2.39. The quantitative estimate of drug-likeness (QED) is 0.806. The van der Waals surface area contributed by atoms with E-state index in [2.05, 4.69) is 0 Å². The number of benzene rings is 2. The third-order valence-corrected chi connectivity index (χ3v) is 4.91. The van der Waals surface area contributed by atoms with E-state index in [0.717, 1.165) is 0 Å². The number of halogens is 1. The lowest BCUT2D eigenvalue weighted by atomic mass is 10.1. The highest BCUT2D eigenvalue weighted by molar-refractivity contribution is 6.30. The lowest BCUT2D eigenvalue weighted by molar-refractivity contribution is -0.124. The highest BCUT2D eigenvalue weighted by Gasteiger charge is 2.35. The minimum atomic E-state index is -0.584. The first-order valence-corrected chi connectivity index (χ1v) is 8.93. The van der Waals surface area contributed by atoms with Gasteiger partial charge < -0.3 is 19.3 Å². The number of methoxy groups -OCH3 is 2. The molecular weight excluding hydrogens is 368 g/mol. The van der Waals surface area contributed by atoms with Crippen molar-refractivity contribution in [2.75, 3.05) is 32.2 Å². The number of anilines is 1. The number of piperazine rings is 1. The molecule has 6 nitrogen and oxygen atoms in total. The molecule has 1 heterocycles. The van der Waals surface area contributed by atoms with Crippen LogP contribution in [-0.2, 0) is 4.79 Å². The largest absolute Gasteiger partial charge is 0.497 e. The van der Waals surface area contributed by atoms with Crippen LogP contribution in [0.1, 0.15) is 17.3 Å². The van der Waals surface area contributed by atoms with Crippen molar-refractivity contribution in [3.8, 4) is 11.5 Å². The smallest absolute Gasteiger partial charge is 0.254 e. The second-order valence-electron chi connectivity index (χ2n) is 6.24. The molecule has 0 saturated carbocycles. The standard InChI is InChI=1S/C20H21ClN2O4/c1-13-19(24)23(16-10-17(26-2)12-18(11-16)27-3)9-8-22(13)20(25)14-4-6-15(21)7-5-14/h4-7,10-13H,8-9H2,1-3H3/t13-/m0/s1. The summed E-state index contributed by atoms with van der Waals surface area (Å²) in [5.41, 5.74) is 1.19. The van der Waals surface area contributed by atoms with Crippen molar-refractivity contribution >= 4 is 29.1 Å². The number of nitrogens with zero attached hydrogens (tertiary/aromatic N) is 2. The normalized spacial score (nSPS) is 17.0. The Morgan fingerprint density at radius 1 is 1.04 bits per heavy atom. The van der Waals surface area contributed by atoms with Gasteiger partial charge in [0.2, 0.25) is 5.91 Å². The van der Waals surface area contributed by atoms with Crippen molar-refractivity contribution < 1.29 is 19.1 Å². The molecule has 27 heavy (non-hydrogen) atoms. The summed E-state index contributed by atoms with van der Waals surface area (Å²) in [5, 5.41) is 0.562. The van der Waals surface area contributed by atoms with Crippen LogP contribution in [-0.4, -0.2) is 50.1 Å². The Balaban J connectivity index is 1.82. The fourth-order valence-corrected chi connectivity index (χ4v) is 3.24. The van der Waals surface area contributed by atoms with Crippen molar-refractivity contribution in [3.05, 3.63) is 53.1 Å². The maximum Gasteiger partial charge on any atom is 0.254 e. The average Bonchev–Trinajstić information content (AvgIpc) is 2.69. The van der Waals surface area contributed by atoms with Crippen LogP contribution in [0.15, 0.2) is 42.5 Å². The highest BCUT2D eigenvalue weighted by atomic mass is 35.5. The van der Waals surface area contributed by atoms with E-state index in [1.165, 1.54) is 0 Å². The molecule has 0 bridgehead atoms. The topological polar surface area (TPSA) is 59.1 Å². The van der Waals surface area contributed by atoms with Crippen molar-refractivity contribution in [1.82, 2.24) is 4.90 Å². The van der Waals surface area contributed by atoms with Crippen LogP contribution in [0.3, 0.4) is 0 Å². The van der Waals surface area contributed by atoms with Gasteiger partial charge in [-0.2, -0.15) is 0 Å². The molecule has 1 atom stereocenters. The summed E-state index contributed by atoms with van der Waals surface area (Å²) in [5.74, 6) is 0.864. The molecule has 2 amide bonds. The summed E-state index contributed by atoms with van der Waals surface area (Å²) >= 11 is 5.88. The monoisotopic (exact) mass is 388 g/mol. The second-order valence-corrected chi connectivity index (χ2v) is 6.68. The summed E-state index contributed by atoms with van der Waals surface area (Å²) in [6, 6.07) is 11.4. The van der Waals surface area contributed by atoms with Crippen molar-refractivity contribution in [2.45, 2.75) is 13.0 Å². The van der Waals surface area contributed by atoms with Crippen LogP contribution in [0.4, 0.5) is 5.69 Å². The molecule has 0 aliphatic carbocycles. The molecular formula is C20H21ClN2O4. The van der Waals surface area contributed by atoms with Gasteiger partial charge in [0, 0.05) is 41.9 Å². The van der Waals surface area contributed by atoms with Crippen LogP contribution in [0, 0.1) is 0 Å². The zero-order valence-electron chi connectivity index (χ0n) is 15.4. The van der Waals surface area contributed by atoms with Gasteiger partial charge in [0.25, 0.3) is 5.91 Å². The van der Waals surface area contributed by atoms with Gasteiger partial charge in [-0.05, 0) is 31.2 Å². The SMILES string of the molecule is COc1cc(OC)cc(N2CCN(C(=O)c3ccc(Cl)cc3)[C@@H](C)C2=O)c1. The third kappa shape index (κ3) is 3.85. The summed E-state index contributed by atoms with van der Waals surface area (Å²) in [7, 11) is 3.12. The van der Waals surface area contributed by atoms with E-state index < -0.39 is 6.04 Å². The number of rotatable bonds is 4. The van der Waals surface area contributed by atoms with Crippen LogP contribution in [0.25, 0.3) is 0 Å². The summed E-state index contributed by atoms with van der Waals surface area (Å²) in [6.45, 7) is 2.55. The minimum absolute atomic E-state index is 0.154. The summed E-state index contributed by atoms with van der Waals surface area (Å²) < 4.78 is 10.6.